The Labute approximate surface area is 198 Å². The van der Waals surface area contributed by atoms with Gasteiger partial charge in [0.15, 0.2) is 5.56 Å². The van der Waals surface area contributed by atoms with E-state index in [2.05, 4.69) is 15.0 Å². The zero-order valence-electron chi connectivity index (χ0n) is 18.1. The van der Waals surface area contributed by atoms with E-state index in [0.717, 1.165) is 37.3 Å². The van der Waals surface area contributed by atoms with E-state index in [4.69, 9.17) is 26.2 Å². The number of anilines is 1. The van der Waals surface area contributed by atoms with Crippen molar-refractivity contribution in [2.75, 3.05) is 45.2 Å². The molecule has 182 valence electrons. The number of methoxy groups -OCH3 is 1. The number of carbonyl (C=O) groups is 2. The number of nitrogens with one attached hydrogen (secondary N) is 2. The molecular formula is C20H25ClF2N4O5S. The summed E-state index contributed by atoms with van der Waals surface area (Å²) in [4.78, 5) is 26.5. The van der Waals surface area contributed by atoms with E-state index in [9.17, 15) is 18.4 Å². The van der Waals surface area contributed by atoms with Crippen molar-refractivity contribution in [1.29, 1.82) is 0 Å². The molecule has 0 saturated heterocycles. The second-order valence-corrected chi connectivity index (χ2v) is 7.92. The molecule has 0 aliphatic carbocycles. The van der Waals surface area contributed by atoms with Gasteiger partial charge in [0.25, 0.3) is 0 Å². The van der Waals surface area contributed by atoms with Crippen LogP contribution in [0.2, 0.25) is 5.02 Å². The van der Waals surface area contributed by atoms with Crippen molar-refractivity contribution in [2.24, 2.45) is 0 Å². The molecule has 33 heavy (non-hydrogen) atoms. The van der Waals surface area contributed by atoms with Crippen molar-refractivity contribution in [2.45, 2.75) is 20.0 Å². The number of rotatable bonds is 12. The molecule has 2 amide bonds. The maximum atomic E-state index is 14.0. The fraction of sp³-hybridized carbons (Fsp3) is 0.450. The summed E-state index contributed by atoms with van der Waals surface area (Å²) in [5.74, 6) is -2.89. The Kier molecular flexibility index (Phi) is 10.7. The van der Waals surface area contributed by atoms with Crippen LogP contribution in [0.15, 0.2) is 12.1 Å². The third-order valence-electron chi connectivity index (χ3n) is 4.54. The Bertz CT molecular complexity index is 940. The molecule has 1 heterocycles. The lowest BCUT2D eigenvalue weighted by Crippen LogP contribution is -2.33. The van der Waals surface area contributed by atoms with Gasteiger partial charge in [-0.3, -0.25) is 5.32 Å². The summed E-state index contributed by atoms with van der Waals surface area (Å²) in [6.45, 7) is 3.87. The first-order chi connectivity index (χ1) is 15.8. The number of esters is 1. The average molecular weight is 507 g/mol. The SMILES string of the molecule is CCN(CCO)CCCNC(=O)Nc1snc(OCc2c(F)cc(Cl)cc2F)c1C(=O)OC. The molecule has 9 nitrogen and oxygen atoms in total. The van der Waals surface area contributed by atoms with Crippen molar-refractivity contribution < 1.29 is 33.0 Å². The van der Waals surface area contributed by atoms with E-state index in [0.29, 0.717) is 26.1 Å². The predicted molar refractivity (Wildman–Crippen MR) is 120 cm³/mol. The van der Waals surface area contributed by atoms with Gasteiger partial charge in [0.1, 0.15) is 23.2 Å². The summed E-state index contributed by atoms with van der Waals surface area (Å²) in [5.41, 5.74) is -0.565. The molecule has 0 atom stereocenters. The second kappa shape index (κ2) is 13.2. The number of halogens is 3. The van der Waals surface area contributed by atoms with Crippen LogP contribution in [-0.4, -0.2) is 66.3 Å². The van der Waals surface area contributed by atoms with E-state index >= 15 is 0 Å². The summed E-state index contributed by atoms with van der Waals surface area (Å²) >= 11 is 6.36. The van der Waals surface area contributed by atoms with Crippen LogP contribution in [0.4, 0.5) is 18.6 Å². The first-order valence-corrected chi connectivity index (χ1v) is 11.2. The third kappa shape index (κ3) is 7.77. The highest BCUT2D eigenvalue weighted by Crippen LogP contribution is 2.32. The Morgan fingerprint density at radius 3 is 2.58 bits per heavy atom. The molecular weight excluding hydrogens is 482 g/mol. The van der Waals surface area contributed by atoms with E-state index in [-0.39, 0.29) is 28.1 Å². The fourth-order valence-corrected chi connectivity index (χ4v) is 3.72. The minimum absolute atomic E-state index is 0.0573. The molecule has 0 bridgehead atoms. The van der Waals surface area contributed by atoms with Crippen LogP contribution in [-0.2, 0) is 11.3 Å². The molecule has 3 N–H and O–H groups in total. The van der Waals surface area contributed by atoms with Crippen LogP contribution in [0.5, 0.6) is 5.88 Å². The highest BCUT2D eigenvalue weighted by Gasteiger charge is 2.25. The van der Waals surface area contributed by atoms with Crippen LogP contribution in [0.3, 0.4) is 0 Å². The third-order valence-corrected chi connectivity index (χ3v) is 5.50. The molecule has 0 aliphatic rings. The van der Waals surface area contributed by atoms with E-state index in [1.165, 1.54) is 0 Å². The number of carbonyl (C=O) groups excluding carboxylic acids is 2. The zero-order valence-corrected chi connectivity index (χ0v) is 19.7. The largest absolute Gasteiger partial charge is 0.471 e. The van der Waals surface area contributed by atoms with Gasteiger partial charge in [0, 0.05) is 18.1 Å². The number of amides is 2. The molecule has 0 fully saturated rings. The monoisotopic (exact) mass is 506 g/mol. The highest BCUT2D eigenvalue weighted by molar-refractivity contribution is 7.11. The molecule has 2 aromatic rings. The van der Waals surface area contributed by atoms with Gasteiger partial charge in [0.2, 0.25) is 5.88 Å². The standard InChI is InChI=1S/C20H25ClF2N4O5S/c1-3-27(7-8-28)6-4-5-24-20(30)25-18-16(19(29)31-2)17(26-33-18)32-11-13-14(22)9-12(21)10-15(13)23/h9-10,28H,3-8,11H2,1-2H3,(H2,24,25,30). The number of aliphatic hydroxyl groups excluding tert-OH is 1. The minimum atomic E-state index is -0.909. The normalized spacial score (nSPS) is 10.9. The Morgan fingerprint density at radius 1 is 1.27 bits per heavy atom. The molecule has 0 unspecified atom stereocenters. The molecule has 2 rings (SSSR count). The number of urea groups is 1. The number of hydrogen-bond donors (Lipinski definition) is 3. The van der Waals surface area contributed by atoms with Crippen LogP contribution in [0.1, 0.15) is 29.3 Å². The molecule has 1 aromatic heterocycles. The van der Waals surface area contributed by atoms with Gasteiger partial charge in [0.05, 0.1) is 19.3 Å². The zero-order chi connectivity index (χ0) is 24.4. The Balaban J connectivity index is 2.01. The summed E-state index contributed by atoms with van der Waals surface area (Å²) in [6, 6.07) is 1.30. The minimum Gasteiger partial charge on any atom is -0.471 e. The quantitative estimate of drug-likeness (QED) is 0.299. The predicted octanol–water partition coefficient (Wildman–Crippen LogP) is 3.27. The maximum absolute atomic E-state index is 14.0. The molecule has 0 saturated carbocycles. The fourth-order valence-electron chi connectivity index (χ4n) is 2.81. The Morgan fingerprint density at radius 2 is 1.97 bits per heavy atom. The van der Waals surface area contributed by atoms with Crippen molar-refractivity contribution in [1.82, 2.24) is 14.6 Å². The lowest BCUT2D eigenvalue weighted by Gasteiger charge is -2.18. The molecule has 0 radical (unpaired) electrons. The van der Waals surface area contributed by atoms with Gasteiger partial charge >= 0.3 is 12.0 Å². The number of ether oxygens (including phenoxy) is 2. The first-order valence-electron chi connectivity index (χ1n) is 10.0. The molecule has 0 aliphatic heterocycles. The van der Waals surface area contributed by atoms with Crippen LogP contribution in [0.25, 0.3) is 0 Å². The smallest absolute Gasteiger partial charge is 0.346 e. The molecule has 13 heteroatoms. The summed E-state index contributed by atoms with van der Waals surface area (Å²) in [6.07, 6.45) is 0.653. The van der Waals surface area contributed by atoms with Crippen LogP contribution in [0, 0.1) is 11.6 Å². The van der Waals surface area contributed by atoms with Gasteiger partial charge in [-0.05, 0) is 43.2 Å². The highest BCUT2D eigenvalue weighted by atomic mass is 35.5. The first kappa shape index (κ1) is 26.7. The van der Waals surface area contributed by atoms with Crippen molar-refractivity contribution >= 4 is 40.1 Å². The van der Waals surface area contributed by atoms with Gasteiger partial charge in [-0.15, -0.1) is 0 Å². The Hall–Kier alpha value is -2.54. The number of benzene rings is 1. The lowest BCUT2D eigenvalue weighted by molar-refractivity contribution is 0.0596. The number of likely N-dealkylation sites (N-methyl/N-ethyl adjacent to an activating group) is 1. The topological polar surface area (TPSA) is 113 Å². The van der Waals surface area contributed by atoms with Crippen molar-refractivity contribution in [3.8, 4) is 5.88 Å². The van der Waals surface area contributed by atoms with Crippen LogP contribution < -0.4 is 15.4 Å². The number of hydrogen-bond acceptors (Lipinski definition) is 8. The summed E-state index contributed by atoms with van der Waals surface area (Å²) in [7, 11) is 1.14. The van der Waals surface area contributed by atoms with E-state index < -0.39 is 35.8 Å². The molecule has 1 aromatic carbocycles. The van der Waals surface area contributed by atoms with Gasteiger partial charge in [-0.2, -0.15) is 4.37 Å². The van der Waals surface area contributed by atoms with Crippen LogP contribution >= 0.6 is 23.1 Å². The number of aromatic nitrogens is 1. The van der Waals surface area contributed by atoms with Gasteiger partial charge < -0.3 is 24.8 Å². The number of aliphatic hydroxyl groups is 1. The lowest BCUT2D eigenvalue weighted by atomic mass is 10.2. The van der Waals surface area contributed by atoms with E-state index in [1.807, 2.05) is 11.8 Å². The second-order valence-electron chi connectivity index (χ2n) is 6.71. The van der Waals surface area contributed by atoms with Crippen molar-refractivity contribution in [3.63, 3.8) is 0 Å². The molecule has 0 spiro atoms. The van der Waals surface area contributed by atoms with Gasteiger partial charge in [-0.25, -0.2) is 18.4 Å². The number of nitrogens with zero attached hydrogens (tertiary/aromatic N) is 2. The van der Waals surface area contributed by atoms with Gasteiger partial charge in [-0.1, -0.05) is 18.5 Å². The summed E-state index contributed by atoms with van der Waals surface area (Å²) in [5, 5.41) is 14.1. The maximum Gasteiger partial charge on any atom is 0.346 e. The average Bonchev–Trinajstić information content (AvgIpc) is 3.16. The summed E-state index contributed by atoms with van der Waals surface area (Å²) < 4.78 is 42.0. The van der Waals surface area contributed by atoms with E-state index in [1.54, 1.807) is 0 Å². The van der Waals surface area contributed by atoms with Crippen molar-refractivity contribution in [3.05, 3.63) is 39.9 Å².